The Bertz CT molecular complexity index is 293. The zero-order valence-corrected chi connectivity index (χ0v) is 7.07. The Hall–Kier alpha value is -1.28. The van der Waals surface area contributed by atoms with Crippen molar-refractivity contribution in [3.05, 3.63) is 42.0 Å². The van der Waals surface area contributed by atoms with Gasteiger partial charge in [0.2, 0.25) is 0 Å². The largest absolute Gasteiger partial charge is 0.411 e. The third-order valence-corrected chi connectivity index (χ3v) is 1.68. The average molecular weight is 182 g/mol. The molecule has 0 aliphatic rings. The molecule has 1 N–H and O–H groups in total. The Balaban J connectivity index is 2.85. The van der Waals surface area contributed by atoms with E-state index in [-0.39, 0.29) is 0 Å². The first-order chi connectivity index (χ1) is 5.84. The quantitative estimate of drug-likeness (QED) is 0.425. The van der Waals surface area contributed by atoms with E-state index in [9.17, 15) is 0 Å². The molecule has 1 rings (SSSR count). The van der Waals surface area contributed by atoms with Gasteiger partial charge in [0.1, 0.15) is 0 Å². The van der Waals surface area contributed by atoms with Crippen LogP contribution in [0.15, 0.2) is 41.6 Å². The van der Waals surface area contributed by atoms with Crippen LogP contribution in [0.1, 0.15) is 5.56 Å². The lowest BCUT2D eigenvalue weighted by molar-refractivity contribution is 0.322. The molecule has 0 unspecified atom stereocenters. The molecule has 62 valence electrons. The first kappa shape index (κ1) is 8.81. The smallest absolute Gasteiger partial charge is 0.0676 e. The third-order valence-electron chi connectivity index (χ3n) is 1.34. The molecule has 0 bridgehead atoms. The molecule has 0 amide bonds. The van der Waals surface area contributed by atoms with E-state index in [1.165, 1.54) is 12.3 Å². The molecule has 0 radical (unpaired) electrons. The van der Waals surface area contributed by atoms with Gasteiger partial charge in [-0.25, -0.2) is 0 Å². The summed E-state index contributed by atoms with van der Waals surface area (Å²) in [6.45, 7) is 0. The molecule has 0 spiro atoms. The first-order valence-electron chi connectivity index (χ1n) is 3.43. The molecule has 0 aliphatic heterocycles. The summed E-state index contributed by atoms with van der Waals surface area (Å²) in [5.41, 5.74) is 0.902. The number of halogens is 1. The fraction of sp³-hybridized carbons (Fsp3) is 0. The number of rotatable bonds is 2. The van der Waals surface area contributed by atoms with E-state index in [0.717, 1.165) is 5.56 Å². The van der Waals surface area contributed by atoms with Gasteiger partial charge in [-0.15, -0.1) is 0 Å². The van der Waals surface area contributed by atoms with Gasteiger partial charge in [-0.2, -0.15) is 0 Å². The standard InChI is InChI=1S/C9H8ClNO/c10-9(6-7-11-12)8-4-2-1-3-5-8/h1-7,12H/b9-6-,11-7?. The second kappa shape index (κ2) is 4.57. The summed E-state index contributed by atoms with van der Waals surface area (Å²) >= 11 is 5.84. The molecule has 0 aliphatic carbocycles. The van der Waals surface area contributed by atoms with Crippen LogP contribution in [0.5, 0.6) is 0 Å². The lowest BCUT2D eigenvalue weighted by Gasteiger charge is -1.94. The molecular weight excluding hydrogens is 174 g/mol. The van der Waals surface area contributed by atoms with E-state index in [1.54, 1.807) is 0 Å². The Morgan fingerprint density at radius 2 is 2.00 bits per heavy atom. The van der Waals surface area contributed by atoms with E-state index in [1.807, 2.05) is 30.3 Å². The number of hydrogen-bond acceptors (Lipinski definition) is 2. The van der Waals surface area contributed by atoms with Crippen LogP contribution < -0.4 is 0 Å². The van der Waals surface area contributed by atoms with Gasteiger partial charge in [0, 0.05) is 5.03 Å². The predicted molar refractivity (Wildman–Crippen MR) is 50.6 cm³/mol. The molecule has 0 aromatic heterocycles. The van der Waals surface area contributed by atoms with Crippen molar-refractivity contribution in [2.45, 2.75) is 0 Å². The highest BCUT2D eigenvalue weighted by atomic mass is 35.5. The summed E-state index contributed by atoms with van der Waals surface area (Å²) in [6.07, 6.45) is 2.76. The molecule has 0 atom stereocenters. The topological polar surface area (TPSA) is 32.6 Å². The summed E-state index contributed by atoms with van der Waals surface area (Å²) < 4.78 is 0. The number of oxime groups is 1. The van der Waals surface area contributed by atoms with Crippen LogP contribution in [0.2, 0.25) is 0 Å². The highest BCUT2D eigenvalue weighted by Crippen LogP contribution is 2.16. The number of nitrogens with zero attached hydrogens (tertiary/aromatic N) is 1. The Labute approximate surface area is 75.8 Å². The molecule has 0 saturated heterocycles. The van der Waals surface area contributed by atoms with Crippen molar-refractivity contribution in [2.24, 2.45) is 5.16 Å². The highest BCUT2D eigenvalue weighted by molar-refractivity contribution is 6.49. The Morgan fingerprint density at radius 1 is 1.33 bits per heavy atom. The molecule has 3 heteroatoms. The van der Waals surface area contributed by atoms with Gasteiger partial charge < -0.3 is 5.21 Å². The van der Waals surface area contributed by atoms with E-state index in [4.69, 9.17) is 16.8 Å². The zero-order valence-electron chi connectivity index (χ0n) is 6.31. The number of hydrogen-bond donors (Lipinski definition) is 1. The fourth-order valence-electron chi connectivity index (χ4n) is 0.792. The SMILES string of the molecule is ON=C/C=C(\Cl)c1ccccc1. The lowest BCUT2D eigenvalue weighted by atomic mass is 10.2. The first-order valence-corrected chi connectivity index (χ1v) is 3.81. The molecule has 0 fully saturated rings. The van der Waals surface area contributed by atoms with Gasteiger partial charge in [0.25, 0.3) is 0 Å². The Kier molecular flexibility index (Phi) is 3.35. The minimum absolute atomic E-state index is 0.549. The summed E-state index contributed by atoms with van der Waals surface area (Å²) in [4.78, 5) is 0. The van der Waals surface area contributed by atoms with Crippen LogP contribution in [-0.2, 0) is 0 Å². The molecule has 1 aromatic rings. The van der Waals surface area contributed by atoms with Crippen LogP contribution in [0.3, 0.4) is 0 Å². The van der Waals surface area contributed by atoms with Crippen LogP contribution in [0.25, 0.3) is 5.03 Å². The normalized spacial score (nSPS) is 12.2. The average Bonchev–Trinajstić information content (AvgIpc) is 2.15. The highest BCUT2D eigenvalue weighted by Gasteiger charge is 1.93. The summed E-state index contributed by atoms with van der Waals surface area (Å²) in [5, 5.41) is 11.5. The van der Waals surface area contributed by atoms with Crippen LogP contribution in [0.4, 0.5) is 0 Å². The lowest BCUT2D eigenvalue weighted by Crippen LogP contribution is -1.75. The van der Waals surface area contributed by atoms with Crippen molar-refractivity contribution in [2.75, 3.05) is 0 Å². The van der Waals surface area contributed by atoms with Gasteiger partial charge in [0.05, 0.1) is 6.21 Å². The zero-order chi connectivity index (χ0) is 8.81. The van der Waals surface area contributed by atoms with Crippen LogP contribution in [-0.4, -0.2) is 11.4 Å². The van der Waals surface area contributed by atoms with E-state index in [0.29, 0.717) is 5.03 Å². The van der Waals surface area contributed by atoms with Crippen molar-refractivity contribution >= 4 is 22.8 Å². The molecule has 12 heavy (non-hydrogen) atoms. The van der Waals surface area contributed by atoms with Crippen molar-refractivity contribution in [3.63, 3.8) is 0 Å². The van der Waals surface area contributed by atoms with E-state index < -0.39 is 0 Å². The number of benzene rings is 1. The number of allylic oxidation sites excluding steroid dienone is 1. The third kappa shape index (κ3) is 2.40. The summed E-state index contributed by atoms with van der Waals surface area (Å²) in [6, 6.07) is 9.45. The van der Waals surface area contributed by atoms with Gasteiger partial charge >= 0.3 is 0 Å². The summed E-state index contributed by atoms with van der Waals surface area (Å²) in [5.74, 6) is 0. The minimum Gasteiger partial charge on any atom is -0.411 e. The fourth-order valence-corrected chi connectivity index (χ4v) is 0.975. The van der Waals surface area contributed by atoms with Crippen molar-refractivity contribution in [1.29, 1.82) is 0 Å². The second-order valence-corrected chi connectivity index (χ2v) is 2.55. The molecular formula is C9H8ClNO. The maximum Gasteiger partial charge on any atom is 0.0676 e. The van der Waals surface area contributed by atoms with Crippen molar-refractivity contribution in [3.8, 4) is 0 Å². The van der Waals surface area contributed by atoms with Gasteiger partial charge in [0.15, 0.2) is 0 Å². The van der Waals surface area contributed by atoms with Crippen LogP contribution in [0, 0.1) is 0 Å². The Morgan fingerprint density at radius 3 is 2.58 bits per heavy atom. The maximum absolute atomic E-state index is 8.13. The van der Waals surface area contributed by atoms with Gasteiger partial charge in [-0.05, 0) is 11.6 Å². The monoisotopic (exact) mass is 181 g/mol. The van der Waals surface area contributed by atoms with Gasteiger partial charge in [-0.3, -0.25) is 0 Å². The van der Waals surface area contributed by atoms with Crippen molar-refractivity contribution < 1.29 is 5.21 Å². The molecule has 0 heterocycles. The van der Waals surface area contributed by atoms with Crippen molar-refractivity contribution in [1.82, 2.24) is 0 Å². The molecule has 2 nitrogen and oxygen atoms in total. The minimum atomic E-state index is 0.549. The summed E-state index contributed by atoms with van der Waals surface area (Å²) in [7, 11) is 0. The van der Waals surface area contributed by atoms with E-state index >= 15 is 0 Å². The van der Waals surface area contributed by atoms with Crippen LogP contribution >= 0.6 is 11.6 Å². The van der Waals surface area contributed by atoms with Gasteiger partial charge in [-0.1, -0.05) is 47.1 Å². The maximum atomic E-state index is 8.13. The molecule has 1 aromatic carbocycles. The predicted octanol–water partition coefficient (Wildman–Crippen LogP) is 2.73. The second-order valence-electron chi connectivity index (χ2n) is 2.15. The molecule has 0 saturated carbocycles. The van der Waals surface area contributed by atoms with E-state index in [2.05, 4.69) is 5.16 Å².